The zero-order chi connectivity index (χ0) is 11.3. The molecule has 1 amide bonds. The molecule has 2 N–H and O–H groups in total. The molecule has 0 heterocycles. The van der Waals surface area contributed by atoms with Crippen LogP contribution in [0.4, 0.5) is 5.69 Å². The van der Waals surface area contributed by atoms with Gasteiger partial charge in [-0.2, -0.15) is 0 Å². The average molecular weight is 222 g/mol. The van der Waals surface area contributed by atoms with E-state index in [9.17, 15) is 4.79 Å². The van der Waals surface area contributed by atoms with E-state index >= 15 is 0 Å². The third-order valence-corrected chi connectivity index (χ3v) is 1.96. The van der Waals surface area contributed by atoms with Crippen LogP contribution in [-0.2, 0) is 11.3 Å². The Morgan fingerprint density at radius 1 is 1.27 bits per heavy atom. The fraction of sp³-hybridized carbons (Fsp3) is 0.273. The van der Waals surface area contributed by atoms with Crippen LogP contribution in [0.3, 0.4) is 0 Å². The molecule has 80 valence electrons. The van der Waals surface area contributed by atoms with Crippen molar-refractivity contribution in [3.63, 3.8) is 0 Å². The van der Waals surface area contributed by atoms with Crippen molar-refractivity contribution in [1.82, 2.24) is 5.32 Å². The predicted molar refractivity (Wildman–Crippen MR) is 65.9 cm³/mol. The van der Waals surface area contributed by atoms with Crippen LogP contribution >= 0.6 is 12.2 Å². The van der Waals surface area contributed by atoms with Crippen molar-refractivity contribution in [2.24, 2.45) is 0 Å². The summed E-state index contributed by atoms with van der Waals surface area (Å²) < 4.78 is 0. The maximum Gasteiger partial charge on any atom is 0.221 e. The normalized spacial score (nSPS) is 9.47. The van der Waals surface area contributed by atoms with E-state index in [2.05, 4.69) is 10.6 Å². The first-order chi connectivity index (χ1) is 7.08. The van der Waals surface area contributed by atoms with Gasteiger partial charge in [-0.3, -0.25) is 4.79 Å². The maximum atomic E-state index is 10.8. The van der Waals surface area contributed by atoms with Crippen molar-refractivity contribution in [3.8, 4) is 0 Å². The number of hydrogen-bond donors (Lipinski definition) is 2. The number of anilines is 1. The van der Waals surface area contributed by atoms with E-state index in [1.165, 1.54) is 6.92 Å². The molecular formula is C11H14N2OS. The van der Waals surface area contributed by atoms with Crippen molar-refractivity contribution in [2.75, 3.05) is 5.32 Å². The Morgan fingerprint density at radius 2 is 1.87 bits per heavy atom. The van der Waals surface area contributed by atoms with E-state index in [0.29, 0.717) is 0 Å². The van der Waals surface area contributed by atoms with Crippen LogP contribution in [0.15, 0.2) is 24.3 Å². The Bertz CT molecular complexity index is 359. The molecule has 4 heteroatoms. The van der Waals surface area contributed by atoms with Gasteiger partial charge in [0.1, 0.15) is 0 Å². The van der Waals surface area contributed by atoms with Crippen LogP contribution in [0.5, 0.6) is 0 Å². The van der Waals surface area contributed by atoms with E-state index in [1.54, 1.807) is 0 Å². The molecule has 0 aromatic heterocycles. The van der Waals surface area contributed by atoms with Crippen molar-refractivity contribution in [2.45, 2.75) is 20.4 Å². The molecule has 3 nitrogen and oxygen atoms in total. The molecule has 0 unspecified atom stereocenters. The molecule has 0 aliphatic rings. The second-order valence-electron chi connectivity index (χ2n) is 3.29. The molecule has 0 atom stereocenters. The summed E-state index contributed by atoms with van der Waals surface area (Å²) in [6.07, 6.45) is 0. The van der Waals surface area contributed by atoms with E-state index in [4.69, 9.17) is 12.2 Å². The summed E-state index contributed by atoms with van der Waals surface area (Å²) in [5, 5.41) is 5.78. The Kier molecular flexibility index (Phi) is 4.24. The maximum absolute atomic E-state index is 10.8. The number of benzene rings is 1. The fourth-order valence-corrected chi connectivity index (χ4v) is 1.21. The predicted octanol–water partition coefficient (Wildman–Crippen LogP) is 2.08. The number of hydrogen-bond acceptors (Lipinski definition) is 2. The van der Waals surface area contributed by atoms with Gasteiger partial charge in [-0.25, -0.2) is 0 Å². The van der Waals surface area contributed by atoms with Crippen molar-refractivity contribution >= 4 is 28.8 Å². The van der Waals surface area contributed by atoms with E-state index in [0.717, 1.165) is 22.8 Å². The number of amides is 1. The number of carbonyl (C=O) groups is 1. The summed E-state index contributed by atoms with van der Waals surface area (Å²) >= 11 is 4.91. The Hall–Kier alpha value is -1.42. The number of thiocarbonyl (C=S) groups is 1. The largest absolute Gasteiger partial charge is 0.376 e. The zero-order valence-corrected chi connectivity index (χ0v) is 9.65. The van der Waals surface area contributed by atoms with E-state index in [-0.39, 0.29) is 5.91 Å². The Morgan fingerprint density at radius 3 is 2.33 bits per heavy atom. The smallest absolute Gasteiger partial charge is 0.221 e. The second-order valence-corrected chi connectivity index (χ2v) is 3.90. The minimum Gasteiger partial charge on any atom is -0.376 e. The van der Waals surface area contributed by atoms with Crippen LogP contribution < -0.4 is 10.6 Å². The van der Waals surface area contributed by atoms with Crippen molar-refractivity contribution < 1.29 is 4.79 Å². The Balaban J connectivity index is 2.56. The molecule has 0 bridgehead atoms. The summed E-state index contributed by atoms with van der Waals surface area (Å²) in [4.78, 5) is 11.6. The van der Waals surface area contributed by atoms with Crippen LogP contribution in [0.1, 0.15) is 19.4 Å². The highest BCUT2D eigenvalue weighted by Gasteiger charge is 1.96. The molecule has 0 aliphatic heterocycles. The standard InChI is InChI=1S/C11H14N2OS/c1-8(14)13-11-5-3-10(4-6-11)7-12-9(2)15/h3-6H,7H2,1-2H3,(H,12,15)(H,13,14). The summed E-state index contributed by atoms with van der Waals surface area (Å²) in [7, 11) is 0. The molecule has 0 saturated carbocycles. The summed E-state index contributed by atoms with van der Waals surface area (Å²) in [6, 6.07) is 7.65. The van der Waals surface area contributed by atoms with Gasteiger partial charge in [0.15, 0.2) is 0 Å². The highest BCUT2D eigenvalue weighted by Crippen LogP contribution is 2.09. The van der Waals surface area contributed by atoms with Gasteiger partial charge in [0.05, 0.1) is 4.99 Å². The summed E-state index contributed by atoms with van der Waals surface area (Å²) in [5.74, 6) is -0.0596. The lowest BCUT2D eigenvalue weighted by atomic mass is 10.2. The monoisotopic (exact) mass is 222 g/mol. The summed E-state index contributed by atoms with van der Waals surface area (Å²) in [6.45, 7) is 4.06. The van der Waals surface area contributed by atoms with Gasteiger partial charge in [0, 0.05) is 19.2 Å². The van der Waals surface area contributed by atoms with Gasteiger partial charge in [-0.1, -0.05) is 24.4 Å². The molecule has 15 heavy (non-hydrogen) atoms. The lowest BCUT2D eigenvalue weighted by molar-refractivity contribution is -0.114. The molecule has 0 aliphatic carbocycles. The van der Waals surface area contributed by atoms with Gasteiger partial charge in [-0.05, 0) is 24.6 Å². The minimum atomic E-state index is -0.0596. The van der Waals surface area contributed by atoms with Gasteiger partial charge < -0.3 is 10.6 Å². The minimum absolute atomic E-state index is 0.0596. The third kappa shape index (κ3) is 4.56. The molecule has 0 radical (unpaired) electrons. The molecule has 0 fully saturated rings. The first-order valence-corrected chi connectivity index (χ1v) is 5.09. The first kappa shape index (κ1) is 11.7. The molecule has 1 aromatic carbocycles. The molecule has 1 aromatic rings. The topological polar surface area (TPSA) is 41.1 Å². The van der Waals surface area contributed by atoms with Gasteiger partial charge in [0.25, 0.3) is 0 Å². The lowest BCUT2D eigenvalue weighted by Crippen LogP contribution is -2.17. The molecule has 0 saturated heterocycles. The number of nitrogens with one attached hydrogen (secondary N) is 2. The fourth-order valence-electron chi connectivity index (χ4n) is 1.14. The van der Waals surface area contributed by atoms with Crippen LogP contribution in [0, 0.1) is 0 Å². The average Bonchev–Trinajstić information content (AvgIpc) is 2.16. The summed E-state index contributed by atoms with van der Waals surface area (Å²) in [5.41, 5.74) is 1.94. The van der Waals surface area contributed by atoms with Crippen LogP contribution in [0.2, 0.25) is 0 Å². The highest BCUT2D eigenvalue weighted by molar-refractivity contribution is 7.80. The van der Waals surface area contributed by atoms with Crippen LogP contribution in [0.25, 0.3) is 0 Å². The van der Waals surface area contributed by atoms with E-state index < -0.39 is 0 Å². The highest BCUT2D eigenvalue weighted by atomic mass is 32.1. The Labute approximate surface area is 94.9 Å². The molecule has 1 rings (SSSR count). The quantitative estimate of drug-likeness (QED) is 0.769. The number of carbonyl (C=O) groups excluding carboxylic acids is 1. The second kappa shape index (κ2) is 5.46. The van der Waals surface area contributed by atoms with E-state index in [1.807, 2.05) is 31.2 Å². The molecular weight excluding hydrogens is 208 g/mol. The zero-order valence-electron chi connectivity index (χ0n) is 8.83. The van der Waals surface area contributed by atoms with Crippen molar-refractivity contribution in [3.05, 3.63) is 29.8 Å². The number of rotatable bonds is 3. The van der Waals surface area contributed by atoms with Crippen molar-refractivity contribution in [1.29, 1.82) is 0 Å². The molecule has 0 spiro atoms. The van der Waals surface area contributed by atoms with Gasteiger partial charge >= 0.3 is 0 Å². The SMILES string of the molecule is CC(=O)Nc1ccc(CNC(C)=S)cc1. The van der Waals surface area contributed by atoms with Gasteiger partial charge in [0.2, 0.25) is 5.91 Å². The van der Waals surface area contributed by atoms with Gasteiger partial charge in [-0.15, -0.1) is 0 Å². The first-order valence-electron chi connectivity index (χ1n) is 4.69. The van der Waals surface area contributed by atoms with Crippen LogP contribution in [-0.4, -0.2) is 10.9 Å². The lowest BCUT2D eigenvalue weighted by Gasteiger charge is -2.06. The third-order valence-electron chi connectivity index (χ3n) is 1.82.